The van der Waals surface area contributed by atoms with Crippen LogP contribution in [0.4, 0.5) is 0 Å². The molecule has 1 aromatic heterocycles. The molecule has 0 radical (unpaired) electrons. The van der Waals surface area contributed by atoms with E-state index in [2.05, 4.69) is 15.2 Å². The van der Waals surface area contributed by atoms with Crippen LogP contribution in [0.5, 0.6) is 0 Å². The first-order valence-corrected chi connectivity index (χ1v) is 8.35. The number of aromatic amines is 1. The minimum Gasteiger partial charge on any atom is -0.261 e. The fraction of sp³-hybridized carbons (Fsp3) is 0.385. The Morgan fingerprint density at radius 2 is 2.05 bits per heavy atom. The van der Waals surface area contributed by atoms with Crippen molar-refractivity contribution in [3.63, 3.8) is 0 Å². The van der Waals surface area contributed by atoms with Crippen molar-refractivity contribution in [2.45, 2.75) is 18.9 Å². The van der Waals surface area contributed by atoms with Crippen LogP contribution in [0, 0.1) is 0 Å². The molecule has 2 aromatic rings. The van der Waals surface area contributed by atoms with Crippen LogP contribution in [-0.4, -0.2) is 40.7 Å². The van der Waals surface area contributed by atoms with Gasteiger partial charge < -0.3 is 0 Å². The summed E-state index contributed by atoms with van der Waals surface area (Å²) in [5.74, 6) is 1.22. The number of nitrogens with zero attached hydrogens (tertiary/aromatic N) is 3. The van der Waals surface area contributed by atoms with Gasteiger partial charge in [-0.15, -0.1) is 0 Å². The van der Waals surface area contributed by atoms with Gasteiger partial charge in [0.1, 0.15) is 5.82 Å². The lowest BCUT2D eigenvalue weighted by atomic mass is 10.2. The summed E-state index contributed by atoms with van der Waals surface area (Å²) in [4.78, 5) is 4.45. The summed E-state index contributed by atoms with van der Waals surface area (Å²) in [6.07, 6.45) is 2.86. The smallest absolute Gasteiger partial charge is 0.211 e. The van der Waals surface area contributed by atoms with E-state index in [9.17, 15) is 8.42 Å². The third-order valence-electron chi connectivity index (χ3n) is 3.48. The number of sulfonamides is 1. The molecular weight excluding hydrogens is 276 g/mol. The second-order valence-corrected chi connectivity index (χ2v) is 6.88. The summed E-state index contributed by atoms with van der Waals surface area (Å²) in [5, 5.41) is 7.07. The van der Waals surface area contributed by atoms with Crippen LogP contribution in [0.2, 0.25) is 0 Å². The zero-order valence-corrected chi connectivity index (χ0v) is 12.0. The van der Waals surface area contributed by atoms with Gasteiger partial charge in [-0.3, -0.25) is 5.10 Å². The number of nitrogens with one attached hydrogen (secondary N) is 1. The molecule has 0 bridgehead atoms. The highest BCUT2D eigenvalue weighted by molar-refractivity contribution is 7.88. The molecule has 3 rings (SSSR count). The van der Waals surface area contributed by atoms with Crippen molar-refractivity contribution in [1.29, 1.82) is 0 Å². The van der Waals surface area contributed by atoms with Crippen LogP contribution in [0.1, 0.15) is 24.7 Å². The van der Waals surface area contributed by atoms with Gasteiger partial charge in [0.25, 0.3) is 0 Å². The predicted molar refractivity (Wildman–Crippen MR) is 75.3 cm³/mol. The van der Waals surface area contributed by atoms with Crippen molar-refractivity contribution in [1.82, 2.24) is 19.5 Å². The van der Waals surface area contributed by atoms with Crippen LogP contribution >= 0.6 is 0 Å². The number of H-pyrrole nitrogens is 1. The lowest BCUT2D eigenvalue weighted by molar-refractivity contribution is 0.387. The van der Waals surface area contributed by atoms with Crippen LogP contribution in [0.25, 0.3) is 11.4 Å². The average molecular weight is 292 g/mol. The zero-order valence-electron chi connectivity index (χ0n) is 11.2. The fourth-order valence-corrected chi connectivity index (χ4v) is 3.68. The van der Waals surface area contributed by atoms with Crippen molar-refractivity contribution < 1.29 is 8.42 Å². The Bertz CT molecular complexity index is 696. The van der Waals surface area contributed by atoms with Gasteiger partial charge in [0.2, 0.25) is 10.0 Å². The highest BCUT2D eigenvalue weighted by Gasteiger charge is 2.34. The van der Waals surface area contributed by atoms with E-state index in [-0.39, 0.29) is 6.04 Å². The summed E-state index contributed by atoms with van der Waals surface area (Å²) in [7, 11) is -3.21. The number of rotatable bonds is 3. The molecule has 6 nitrogen and oxygen atoms in total. The molecule has 1 N–H and O–H groups in total. The Morgan fingerprint density at radius 3 is 2.75 bits per heavy atom. The Hall–Kier alpha value is -1.73. The van der Waals surface area contributed by atoms with E-state index in [1.165, 1.54) is 10.6 Å². The normalized spacial score (nSPS) is 20.4. The molecule has 1 atom stereocenters. The SMILES string of the molecule is CS(=O)(=O)N1CCC[C@H]1c1nc(-c2ccccc2)n[nH]1. The van der Waals surface area contributed by atoms with E-state index < -0.39 is 10.0 Å². The third-order valence-corrected chi connectivity index (χ3v) is 4.77. The van der Waals surface area contributed by atoms with Gasteiger partial charge in [-0.2, -0.15) is 9.40 Å². The fourth-order valence-electron chi connectivity index (χ4n) is 2.55. The minimum absolute atomic E-state index is 0.227. The molecule has 0 aliphatic carbocycles. The summed E-state index contributed by atoms with van der Waals surface area (Å²) in [6, 6.07) is 9.40. The minimum atomic E-state index is -3.21. The van der Waals surface area contributed by atoms with Crippen LogP contribution in [0.3, 0.4) is 0 Å². The molecule has 1 aliphatic rings. The average Bonchev–Trinajstić information content (AvgIpc) is 3.08. The van der Waals surface area contributed by atoms with Gasteiger partial charge in [0, 0.05) is 12.1 Å². The van der Waals surface area contributed by atoms with Crippen molar-refractivity contribution in [3.05, 3.63) is 36.2 Å². The first-order valence-electron chi connectivity index (χ1n) is 6.50. The molecule has 0 saturated carbocycles. The van der Waals surface area contributed by atoms with E-state index in [1.807, 2.05) is 30.3 Å². The molecule has 1 aromatic carbocycles. The maximum atomic E-state index is 11.8. The van der Waals surface area contributed by atoms with Gasteiger partial charge in [0.05, 0.1) is 12.3 Å². The first-order chi connectivity index (χ1) is 9.55. The largest absolute Gasteiger partial charge is 0.261 e. The van der Waals surface area contributed by atoms with Gasteiger partial charge in [0.15, 0.2) is 5.82 Å². The summed E-state index contributed by atoms with van der Waals surface area (Å²) < 4.78 is 25.0. The number of benzene rings is 1. The van der Waals surface area contributed by atoms with E-state index >= 15 is 0 Å². The number of aromatic nitrogens is 3. The maximum absolute atomic E-state index is 11.8. The third kappa shape index (κ3) is 2.46. The topological polar surface area (TPSA) is 79.0 Å². The summed E-state index contributed by atoms with van der Waals surface area (Å²) in [5.41, 5.74) is 0.916. The van der Waals surface area contributed by atoms with Crippen molar-refractivity contribution in [3.8, 4) is 11.4 Å². The van der Waals surface area contributed by atoms with Gasteiger partial charge in [-0.25, -0.2) is 13.4 Å². The summed E-state index contributed by atoms with van der Waals surface area (Å²) >= 11 is 0. The Balaban J connectivity index is 1.91. The second kappa shape index (κ2) is 4.99. The predicted octanol–water partition coefficient (Wildman–Crippen LogP) is 1.57. The highest BCUT2D eigenvalue weighted by Crippen LogP contribution is 2.32. The Kier molecular flexibility index (Phi) is 3.31. The molecule has 0 spiro atoms. The van der Waals surface area contributed by atoms with Crippen LogP contribution in [0.15, 0.2) is 30.3 Å². The molecule has 1 aliphatic heterocycles. The molecular formula is C13H16N4O2S. The summed E-state index contributed by atoms with van der Waals surface area (Å²) in [6.45, 7) is 0.546. The number of hydrogen-bond acceptors (Lipinski definition) is 4. The molecule has 20 heavy (non-hydrogen) atoms. The Labute approximate surface area is 117 Å². The monoisotopic (exact) mass is 292 g/mol. The molecule has 1 saturated heterocycles. The first kappa shape index (κ1) is 13.3. The molecule has 1 fully saturated rings. The molecule has 106 valence electrons. The van der Waals surface area contributed by atoms with E-state index in [0.717, 1.165) is 18.4 Å². The zero-order chi connectivity index (χ0) is 14.2. The van der Waals surface area contributed by atoms with Crippen LogP contribution in [-0.2, 0) is 10.0 Å². The van der Waals surface area contributed by atoms with E-state index in [4.69, 9.17) is 0 Å². The van der Waals surface area contributed by atoms with Gasteiger partial charge in [-0.1, -0.05) is 30.3 Å². The van der Waals surface area contributed by atoms with Crippen molar-refractivity contribution >= 4 is 10.0 Å². The van der Waals surface area contributed by atoms with Crippen molar-refractivity contribution in [2.75, 3.05) is 12.8 Å². The van der Waals surface area contributed by atoms with Gasteiger partial charge >= 0.3 is 0 Å². The lowest BCUT2D eigenvalue weighted by Gasteiger charge is -2.19. The van der Waals surface area contributed by atoms with Crippen LogP contribution < -0.4 is 0 Å². The highest BCUT2D eigenvalue weighted by atomic mass is 32.2. The quantitative estimate of drug-likeness (QED) is 0.931. The molecule has 0 unspecified atom stereocenters. The molecule has 2 heterocycles. The van der Waals surface area contributed by atoms with Crippen molar-refractivity contribution in [2.24, 2.45) is 0 Å². The lowest BCUT2D eigenvalue weighted by Crippen LogP contribution is -2.30. The molecule has 7 heteroatoms. The van der Waals surface area contributed by atoms with E-state index in [1.54, 1.807) is 0 Å². The van der Waals surface area contributed by atoms with Gasteiger partial charge in [-0.05, 0) is 12.8 Å². The van der Waals surface area contributed by atoms with E-state index in [0.29, 0.717) is 18.2 Å². The maximum Gasteiger partial charge on any atom is 0.211 e. The Morgan fingerprint density at radius 1 is 1.30 bits per heavy atom. The molecule has 0 amide bonds. The number of hydrogen-bond donors (Lipinski definition) is 1. The second-order valence-electron chi connectivity index (χ2n) is 4.94. The standard InChI is InChI=1S/C13H16N4O2S/c1-20(18,19)17-9-5-8-11(17)13-14-12(15-16-13)10-6-3-2-4-7-10/h2-4,6-7,11H,5,8-9H2,1H3,(H,14,15,16)/t11-/m0/s1.